The highest BCUT2D eigenvalue weighted by molar-refractivity contribution is 9.10. The second-order valence-corrected chi connectivity index (χ2v) is 7.03. The molecule has 0 aliphatic carbocycles. The maximum absolute atomic E-state index is 3.70. The second-order valence-electron chi connectivity index (χ2n) is 5.01. The molecule has 1 aromatic rings. The molecule has 0 saturated heterocycles. The minimum Gasteiger partial charge on any atom is -0.310 e. The zero-order chi connectivity index (χ0) is 14.3. The van der Waals surface area contributed by atoms with E-state index >= 15 is 0 Å². The van der Waals surface area contributed by atoms with Crippen molar-refractivity contribution in [2.75, 3.05) is 32.9 Å². The molecule has 2 nitrogen and oxygen atoms in total. The zero-order valence-electron chi connectivity index (χ0n) is 12.4. The molecule has 4 heteroatoms. The molecule has 0 radical (unpaired) electrons. The first-order chi connectivity index (χ1) is 9.04. The standard InChI is InChI=1S/C15H25BrN2S/c1-5-8-17-12(2)14-7-6-13(11-15(14)16)19-10-9-18(3)4/h6-7,11-12,17H,5,8-10H2,1-4H3. The number of rotatable bonds is 8. The van der Waals surface area contributed by atoms with E-state index in [0.29, 0.717) is 6.04 Å². The maximum Gasteiger partial charge on any atom is 0.0302 e. The Balaban J connectivity index is 2.58. The Bertz CT molecular complexity index is 382. The fraction of sp³-hybridized carbons (Fsp3) is 0.600. The first-order valence-electron chi connectivity index (χ1n) is 6.85. The van der Waals surface area contributed by atoms with E-state index < -0.39 is 0 Å². The van der Waals surface area contributed by atoms with Crippen molar-refractivity contribution in [2.45, 2.75) is 31.2 Å². The molecule has 1 N–H and O–H groups in total. The fourth-order valence-electron chi connectivity index (χ4n) is 1.77. The van der Waals surface area contributed by atoms with E-state index in [4.69, 9.17) is 0 Å². The summed E-state index contributed by atoms with van der Waals surface area (Å²) < 4.78 is 1.21. The van der Waals surface area contributed by atoms with Gasteiger partial charge in [-0.05, 0) is 51.7 Å². The van der Waals surface area contributed by atoms with E-state index in [1.54, 1.807) is 0 Å². The zero-order valence-corrected chi connectivity index (χ0v) is 14.8. The van der Waals surface area contributed by atoms with Crippen LogP contribution in [-0.2, 0) is 0 Å². The third-order valence-corrected chi connectivity index (χ3v) is 4.61. The van der Waals surface area contributed by atoms with Gasteiger partial charge in [0.05, 0.1) is 0 Å². The van der Waals surface area contributed by atoms with E-state index in [-0.39, 0.29) is 0 Å². The quantitative estimate of drug-likeness (QED) is 0.712. The molecule has 0 saturated carbocycles. The lowest BCUT2D eigenvalue weighted by Crippen LogP contribution is -2.19. The molecule has 0 bridgehead atoms. The van der Waals surface area contributed by atoms with Crippen LogP contribution in [-0.4, -0.2) is 37.8 Å². The normalized spacial score (nSPS) is 12.9. The summed E-state index contributed by atoms with van der Waals surface area (Å²) >= 11 is 5.61. The highest BCUT2D eigenvalue weighted by Gasteiger charge is 2.09. The Morgan fingerprint density at radius 1 is 1.37 bits per heavy atom. The van der Waals surface area contributed by atoms with Gasteiger partial charge < -0.3 is 10.2 Å². The summed E-state index contributed by atoms with van der Waals surface area (Å²) in [4.78, 5) is 3.55. The van der Waals surface area contributed by atoms with Crippen molar-refractivity contribution < 1.29 is 0 Å². The van der Waals surface area contributed by atoms with Crippen molar-refractivity contribution in [3.05, 3.63) is 28.2 Å². The summed E-state index contributed by atoms with van der Waals surface area (Å²) in [5.74, 6) is 1.13. The lowest BCUT2D eigenvalue weighted by Gasteiger charge is -2.16. The predicted molar refractivity (Wildman–Crippen MR) is 90.1 cm³/mol. The highest BCUT2D eigenvalue weighted by atomic mass is 79.9. The van der Waals surface area contributed by atoms with Crippen molar-refractivity contribution in [2.24, 2.45) is 0 Å². The van der Waals surface area contributed by atoms with Crippen LogP contribution in [0.25, 0.3) is 0 Å². The smallest absolute Gasteiger partial charge is 0.0302 e. The number of nitrogens with one attached hydrogen (secondary N) is 1. The summed E-state index contributed by atoms with van der Waals surface area (Å²) in [6, 6.07) is 7.09. The van der Waals surface area contributed by atoms with Gasteiger partial charge in [0, 0.05) is 27.7 Å². The highest BCUT2D eigenvalue weighted by Crippen LogP contribution is 2.28. The second kappa shape index (κ2) is 9.01. The molecule has 1 aromatic carbocycles. The van der Waals surface area contributed by atoms with Crippen LogP contribution in [0.4, 0.5) is 0 Å². The molecule has 19 heavy (non-hydrogen) atoms. The Labute approximate surface area is 130 Å². The molecule has 0 aromatic heterocycles. The van der Waals surface area contributed by atoms with Crippen molar-refractivity contribution in [3.8, 4) is 0 Å². The van der Waals surface area contributed by atoms with Crippen molar-refractivity contribution in [1.82, 2.24) is 10.2 Å². The molecule has 1 atom stereocenters. The van der Waals surface area contributed by atoms with Gasteiger partial charge in [-0.1, -0.05) is 28.9 Å². The molecule has 0 aliphatic heterocycles. The van der Waals surface area contributed by atoms with Gasteiger partial charge in [0.1, 0.15) is 0 Å². The number of halogens is 1. The van der Waals surface area contributed by atoms with E-state index in [2.05, 4.69) is 72.3 Å². The van der Waals surface area contributed by atoms with Gasteiger partial charge in [0.15, 0.2) is 0 Å². The maximum atomic E-state index is 3.70. The third-order valence-electron chi connectivity index (χ3n) is 2.95. The first-order valence-corrected chi connectivity index (χ1v) is 8.62. The van der Waals surface area contributed by atoms with Gasteiger partial charge in [0.2, 0.25) is 0 Å². The molecule has 108 valence electrons. The molecule has 0 heterocycles. The van der Waals surface area contributed by atoms with Crippen LogP contribution in [0.15, 0.2) is 27.6 Å². The van der Waals surface area contributed by atoms with Crippen LogP contribution in [0.1, 0.15) is 31.9 Å². The SMILES string of the molecule is CCCNC(C)c1ccc(SCCN(C)C)cc1Br. The largest absolute Gasteiger partial charge is 0.310 e. The van der Waals surface area contributed by atoms with Gasteiger partial charge >= 0.3 is 0 Å². The average Bonchev–Trinajstić information content (AvgIpc) is 2.35. The van der Waals surface area contributed by atoms with Crippen LogP contribution in [0.5, 0.6) is 0 Å². The molecule has 0 aliphatic rings. The minimum atomic E-state index is 0.398. The van der Waals surface area contributed by atoms with Gasteiger partial charge in [-0.2, -0.15) is 0 Å². The number of hydrogen-bond donors (Lipinski definition) is 1. The number of thioether (sulfide) groups is 1. The average molecular weight is 345 g/mol. The van der Waals surface area contributed by atoms with Crippen molar-refractivity contribution in [1.29, 1.82) is 0 Å². The third kappa shape index (κ3) is 6.30. The van der Waals surface area contributed by atoms with E-state index in [0.717, 1.165) is 18.8 Å². The molecular formula is C15H25BrN2S. The first kappa shape index (κ1) is 17.0. The molecule has 0 fully saturated rings. The van der Waals surface area contributed by atoms with Crippen molar-refractivity contribution >= 4 is 27.7 Å². The van der Waals surface area contributed by atoms with Crippen LogP contribution < -0.4 is 5.32 Å². The topological polar surface area (TPSA) is 15.3 Å². The number of benzene rings is 1. The number of hydrogen-bond acceptors (Lipinski definition) is 3. The number of nitrogens with zero attached hydrogens (tertiary/aromatic N) is 1. The lowest BCUT2D eigenvalue weighted by molar-refractivity contribution is 0.437. The summed E-state index contributed by atoms with van der Waals surface area (Å²) in [5.41, 5.74) is 1.34. The summed E-state index contributed by atoms with van der Waals surface area (Å²) in [7, 11) is 4.22. The van der Waals surface area contributed by atoms with E-state index in [9.17, 15) is 0 Å². The molecular weight excluding hydrogens is 320 g/mol. The molecule has 0 amide bonds. The molecule has 0 spiro atoms. The molecule has 1 rings (SSSR count). The predicted octanol–water partition coefficient (Wildman–Crippen LogP) is 4.16. The van der Waals surface area contributed by atoms with Gasteiger partial charge in [0.25, 0.3) is 0 Å². The molecule has 1 unspecified atom stereocenters. The van der Waals surface area contributed by atoms with Crippen molar-refractivity contribution in [3.63, 3.8) is 0 Å². The fourth-order valence-corrected chi connectivity index (χ4v) is 3.70. The monoisotopic (exact) mass is 344 g/mol. The van der Waals surface area contributed by atoms with E-state index in [1.807, 2.05) is 11.8 Å². The van der Waals surface area contributed by atoms with Gasteiger partial charge in [-0.25, -0.2) is 0 Å². The summed E-state index contributed by atoms with van der Waals surface area (Å²) in [5, 5.41) is 3.52. The van der Waals surface area contributed by atoms with Gasteiger partial charge in [-0.15, -0.1) is 11.8 Å². The van der Waals surface area contributed by atoms with E-state index in [1.165, 1.54) is 21.4 Å². The summed E-state index contributed by atoms with van der Waals surface area (Å²) in [6.45, 7) is 6.58. The Morgan fingerprint density at radius 2 is 2.11 bits per heavy atom. The minimum absolute atomic E-state index is 0.398. The van der Waals surface area contributed by atoms with Crippen LogP contribution in [0.3, 0.4) is 0 Å². The van der Waals surface area contributed by atoms with Gasteiger partial charge in [-0.3, -0.25) is 0 Å². The van der Waals surface area contributed by atoms with Crippen LogP contribution in [0, 0.1) is 0 Å². The van der Waals surface area contributed by atoms with Crippen LogP contribution in [0.2, 0.25) is 0 Å². The Hall–Kier alpha value is -0.0300. The lowest BCUT2D eigenvalue weighted by atomic mass is 10.1. The van der Waals surface area contributed by atoms with Crippen LogP contribution >= 0.6 is 27.7 Å². The summed E-state index contributed by atoms with van der Waals surface area (Å²) in [6.07, 6.45) is 1.17. The Kier molecular flexibility index (Phi) is 8.07. The Morgan fingerprint density at radius 3 is 2.68 bits per heavy atom.